The first kappa shape index (κ1) is 21.5. The quantitative estimate of drug-likeness (QED) is 0.513. The van der Waals surface area contributed by atoms with E-state index >= 15 is 0 Å². The molecule has 0 unspecified atom stereocenters. The minimum absolute atomic E-state index is 0.0961. The zero-order valence-electron chi connectivity index (χ0n) is 19.5. The van der Waals surface area contributed by atoms with Gasteiger partial charge in [-0.2, -0.15) is 0 Å². The van der Waals surface area contributed by atoms with Crippen molar-refractivity contribution in [3.8, 4) is 22.6 Å². The van der Waals surface area contributed by atoms with Crippen LogP contribution < -0.4 is 15.0 Å². The lowest BCUT2D eigenvalue weighted by Gasteiger charge is -2.23. The number of aryl methyl sites for hydroxylation is 1. The second-order valence-corrected chi connectivity index (χ2v) is 9.05. The Kier molecular flexibility index (Phi) is 4.75. The largest absolute Gasteiger partial charge is 0.496 e. The summed E-state index contributed by atoms with van der Waals surface area (Å²) in [5, 5.41) is 1.37. The number of esters is 1. The molecule has 0 spiro atoms. The Morgan fingerprint density at radius 3 is 2.42 bits per heavy atom. The van der Waals surface area contributed by atoms with Crippen molar-refractivity contribution < 1.29 is 19.0 Å². The molecule has 5 rings (SSSR count). The Labute approximate surface area is 191 Å². The van der Waals surface area contributed by atoms with Crippen molar-refractivity contribution in [3.05, 3.63) is 52.7 Å². The molecule has 3 aromatic rings. The monoisotopic (exact) mass is 449 g/mol. The summed E-state index contributed by atoms with van der Waals surface area (Å²) in [5.74, 6) is 1.25. The second kappa shape index (κ2) is 7.31. The number of ether oxygens (including phenoxy) is 3. The van der Waals surface area contributed by atoms with Crippen LogP contribution in [0.3, 0.4) is 0 Å². The van der Waals surface area contributed by atoms with Crippen LogP contribution in [0.4, 0.5) is 0 Å². The van der Waals surface area contributed by atoms with Crippen LogP contribution in [0, 0.1) is 5.41 Å². The highest BCUT2D eigenvalue weighted by Gasteiger charge is 2.89. The van der Waals surface area contributed by atoms with Crippen molar-refractivity contribution in [1.29, 1.82) is 0 Å². The summed E-state index contributed by atoms with van der Waals surface area (Å²) in [6.45, 7) is 0.573. The molecule has 0 N–H and O–H groups in total. The number of carbonyl (C=O) groups is 1. The molecule has 8 nitrogen and oxygen atoms in total. The van der Waals surface area contributed by atoms with Gasteiger partial charge in [0.1, 0.15) is 11.5 Å². The van der Waals surface area contributed by atoms with Crippen molar-refractivity contribution >= 4 is 16.7 Å². The molecule has 0 atom stereocenters. The molecule has 0 aliphatic heterocycles. The number of nitrogens with zero attached hydrogens (tertiary/aromatic N) is 3. The minimum Gasteiger partial charge on any atom is -0.496 e. The maximum Gasteiger partial charge on any atom is 0.313 e. The molecule has 2 fully saturated rings. The Balaban J connectivity index is 1.55. The molecule has 0 saturated heterocycles. The topological polar surface area (TPSA) is 82.9 Å². The van der Waals surface area contributed by atoms with Crippen molar-refractivity contribution in [1.82, 2.24) is 14.5 Å². The maximum absolute atomic E-state index is 12.6. The van der Waals surface area contributed by atoms with Gasteiger partial charge in [-0.3, -0.25) is 19.5 Å². The second-order valence-electron chi connectivity index (χ2n) is 9.05. The molecule has 8 heteroatoms. The molecule has 2 heterocycles. The average Bonchev–Trinajstić information content (AvgIpc) is 3.69. The van der Waals surface area contributed by atoms with Gasteiger partial charge in [-0.1, -0.05) is 0 Å². The number of benzene rings is 1. The van der Waals surface area contributed by atoms with Gasteiger partial charge >= 0.3 is 5.97 Å². The average molecular weight is 450 g/mol. The van der Waals surface area contributed by atoms with E-state index in [9.17, 15) is 9.59 Å². The first-order valence-corrected chi connectivity index (χ1v) is 10.8. The molecular weight excluding hydrogens is 422 g/mol. The van der Waals surface area contributed by atoms with Crippen molar-refractivity contribution in [2.24, 2.45) is 12.5 Å². The van der Waals surface area contributed by atoms with E-state index in [2.05, 4.69) is 9.88 Å². The van der Waals surface area contributed by atoms with Gasteiger partial charge in [0.05, 0.1) is 37.7 Å². The van der Waals surface area contributed by atoms with Crippen molar-refractivity contribution in [3.63, 3.8) is 0 Å². The fourth-order valence-corrected chi connectivity index (χ4v) is 5.25. The Morgan fingerprint density at radius 1 is 1.15 bits per heavy atom. The van der Waals surface area contributed by atoms with Crippen LogP contribution >= 0.6 is 0 Å². The molecule has 33 heavy (non-hydrogen) atoms. The Morgan fingerprint density at radius 2 is 1.82 bits per heavy atom. The van der Waals surface area contributed by atoms with Gasteiger partial charge in [-0.05, 0) is 49.0 Å². The Bertz CT molecular complexity index is 1310. The maximum atomic E-state index is 12.6. The van der Waals surface area contributed by atoms with Crippen molar-refractivity contribution in [2.75, 3.05) is 28.4 Å². The highest BCUT2D eigenvalue weighted by Crippen LogP contribution is 2.81. The summed E-state index contributed by atoms with van der Waals surface area (Å²) in [6.07, 6.45) is 6.75. The number of methoxy groups -OCH3 is 3. The highest BCUT2D eigenvalue weighted by atomic mass is 16.5. The van der Waals surface area contributed by atoms with E-state index in [0.717, 1.165) is 34.9 Å². The van der Waals surface area contributed by atoms with E-state index in [-0.39, 0.29) is 22.5 Å². The summed E-state index contributed by atoms with van der Waals surface area (Å²) in [5.41, 5.74) is 2.10. The lowest BCUT2D eigenvalue weighted by Crippen LogP contribution is -2.27. The van der Waals surface area contributed by atoms with Crippen LogP contribution in [0.25, 0.3) is 21.9 Å². The van der Waals surface area contributed by atoms with Crippen LogP contribution in [0.15, 0.2) is 41.6 Å². The number of rotatable bonds is 7. The summed E-state index contributed by atoms with van der Waals surface area (Å²) >= 11 is 0. The van der Waals surface area contributed by atoms with Crippen LogP contribution in [0.2, 0.25) is 0 Å². The zero-order valence-corrected chi connectivity index (χ0v) is 19.5. The van der Waals surface area contributed by atoms with E-state index in [1.165, 1.54) is 7.11 Å². The standard InChI is InChI=1S/C25H27N3O5/c1-27-11-18(16-6-7-26-10-17(16)22(27)29)15-8-20(31-3)19(21(9-15)32-4)12-28(2)25-13-24(25,14-25)23(30)33-5/h6-11H,12-14H2,1-5H3. The number of hydrogen-bond donors (Lipinski definition) is 0. The number of aromatic nitrogens is 2. The summed E-state index contributed by atoms with van der Waals surface area (Å²) < 4.78 is 18.1. The normalized spacial score (nSPS) is 22.7. The molecule has 172 valence electrons. The molecule has 0 bridgehead atoms. The summed E-state index contributed by atoms with van der Waals surface area (Å²) in [6, 6.07) is 5.78. The SMILES string of the molecule is COC(=O)C12CC1(N(C)Cc1c(OC)cc(-c3cn(C)c(=O)c4cnccc34)cc1OC)C2. The highest BCUT2D eigenvalue weighted by molar-refractivity contribution is 5.96. The third-order valence-corrected chi connectivity index (χ3v) is 7.43. The predicted molar refractivity (Wildman–Crippen MR) is 123 cm³/mol. The van der Waals surface area contributed by atoms with E-state index in [1.54, 1.807) is 38.2 Å². The summed E-state index contributed by atoms with van der Waals surface area (Å²) in [7, 11) is 8.47. The first-order chi connectivity index (χ1) is 15.8. The predicted octanol–water partition coefficient (Wildman–Crippen LogP) is 2.76. The van der Waals surface area contributed by atoms with Crippen LogP contribution in [0.1, 0.15) is 18.4 Å². The molecule has 0 radical (unpaired) electrons. The number of fused-ring (bicyclic) bond motifs is 2. The van der Waals surface area contributed by atoms with Crippen molar-refractivity contribution in [2.45, 2.75) is 24.9 Å². The first-order valence-electron chi connectivity index (χ1n) is 10.8. The van der Waals surface area contributed by atoms with Gasteiger partial charge in [-0.15, -0.1) is 0 Å². The smallest absolute Gasteiger partial charge is 0.313 e. The third-order valence-electron chi connectivity index (χ3n) is 7.43. The molecule has 2 aliphatic rings. The molecule has 0 amide bonds. The van der Waals surface area contributed by atoms with Gasteiger partial charge in [-0.25, -0.2) is 0 Å². The van der Waals surface area contributed by atoms with Crippen LogP contribution in [-0.4, -0.2) is 54.3 Å². The van der Waals surface area contributed by atoms with Gasteiger partial charge < -0.3 is 18.8 Å². The molecule has 2 aromatic heterocycles. The van der Waals surface area contributed by atoms with E-state index in [4.69, 9.17) is 14.2 Å². The van der Waals surface area contributed by atoms with Crippen LogP contribution in [0.5, 0.6) is 11.5 Å². The zero-order chi connectivity index (χ0) is 23.5. The van der Waals surface area contributed by atoms with E-state index in [1.807, 2.05) is 31.4 Å². The summed E-state index contributed by atoms with van der Waals surface area (Å²) in [4.78, 5) is 31.1. The van der Waals surface area contributed by atoms with E-state index in [0.29, 0.717) is 23.4 Å². The van der Waals surface area contributed by atoms with Gasteiger partial charge in [0.25, 0.3) is 5.56 Å². The molecule has 2 aliphatic carbocycles. The third kappa shape index (κ3) is 2.97. The number of pyridine rings is 2. The number of hydrogen-bond acceptors (Lipinski definition) is 7. The van der Waals surface area contributed by atoms with Crippen LogP contribution in [-0.2, 0) is 23.1 Å². The number of carbonyl (C=O) groups excluding carboxylic acids is 1. The minimum atomic E-state index is -0.349. The lowest BCUT2D eigenvalue weighted by atomic mass is 9.99. The Hall–Kier alpha value is -3.39. The lowest BCUT2D eigenvalue weighted by molar-refractivity contribution is -0.144. The van der Waals surface area contributed by atoms with Gasteiger partial charge in [0.15, 0.2) is 0 Å². The fraction of sp³-hybridized carbons (Fsp3) is 0.400. The van der Waals surface area contributed by atoms with Gasteiger partial charge in [0.2, 0.25) is 0 Å². The van der Waals surface area contributed by atoms with Gasteiger partial charge in [0, 0.05) is 43.3 Å². The molecular formula is C25H27N3O5. The molecule has 1 aromatic carbocycles. The fourth-order valence-electron chi connectivity index (χ4n) is 5.25. The molecule has 2 saturated carbocycles. The van der Waals surface area contributed by atoms with E-state index < -0.39 is 0 Å².